The summed E-state index contributed by atoms with van der Waals surface area (Å²) in [5.41, 5.74) is 1.63. The SMILES string of the molecule is Cc1ccc(S(=O)(=O)/C(C#N)=C/c2ccc(C(C)C)c([N+](=O)[O-])c2)cc1. The summed E-state index contributed by atoms with van der Waals surface area (Å²) in [5, 5.41) is 20.6. The van der Waals surface area contributed by atoms with Gasteiger partial charge in [-0.15, -0.1) is 0 Å². The van der Waals surface area contributed by atoms with E-state index >= 15 is 0 Å². The molecule has 134 valence electrons. The van der Waals surface area contributed by atoms with E-state index in [0.717, 1.165) is 11.6 Å². The molecule has 2 rings (SSSR count). The van der Waals surface area contributed by atoms with Crippen molar-refractivity contribution in [2.24, 2.45) is 0 Å². The van der Waals surface area contributed by atoms with Gasteiger partial charge in [0.05, 0.1) is 9.82 Å². The van der Waals surface area contributed by atoms with Crippen LogP contribution in [0.1, 0.15) is 36.5 Å². The van der Waals surface area contributed by atoms with Crippen LogP contribution in [0.3, 0.4) is 0 Å². The first-order valence-electron chi connectivity index (χ1n) is 7.88. The Bertz CT molecular complexity index is 1010. The minimum Gasteiger partial charge on any atom is -0.258 e. The van der Waals surface area contributed by atoms with Crippen LogP contribution in [0.4, 0.5) is 5.69 Å². The molecule has 0 bridgehead atoms. The number of sulfone groups is 1. The number of nitriles is 1. The highest BCUT2D eigenvalue weighted by atomic mass is 32.2. The summed E-state index contributed by atoms with van der Waals surface area (Å²) < 4.78 is 25.3. The Kier molecular flexibility index (Phi) is 5.58. The number of hydrogen-bond donors (Lipinski definition) is 0. The lowest BCUT2D eigenvalue weighted by molar-refractivity contribution is -0.385. The largest absolute Gasteiger partial charge is 0.273 e. The van der Waals surface area contributed by atoms with Gasteiger partial charge in [-0.05, 0) is 36.6 Å². The average Bonchev–Trinajstić information content (AvgIpc) is 2.59. The lowest BCUT2D eigenvalue weighted by atomic mass is 9.99. The van der Waals surface area contributed by atoms with E-state index in [0.29, 0.717) is 5.56 Å². The van der Waals surface area contributed by atoms with E-state index in [1.54, 1.807) is 30.3 Å². The normalized spacial score (nSPS) is 12.0. The zero-order valence-corrected chi connectivity index (χ0v) is 15.4. The van der Waals surface area contributed by atoms with Gasteiger partial charge in [0.2, 0.25) is 9.84 Å². The van der Waals surface area contributed by atoms with E-state index in [2.05, 4.69) is 0 Å². The van der Waals surface area contributed by atoms with Crippen LogP contribution in [-0.2, 0) is 9.84 Å². The Hall–Kier alpha value is -2.98. The van der Waals surface area contributed by atoms with Crippen molar-refractivity contribution in [2.75, 3.05) is 0 Å². The molecule has 7 heteroatoms. The molecule has 0 atom stereocenters. The Morgan fingerprint density at radius 2 is 1.81 bits per heavy atom. The number of hydrogen-bond acceptors (Lipinski definition) is 5. The summed E-state index contributed by atoms with van der Waals surface area (Å²) in [6, 6.07) is 12.3. The summed E-state index contributed by atoms with van der Waals surface area (Å²) in [6.45, 7) is 5.49. The van der Waals surface area contributed by atoms with Gasteiger partial charge in [-0.1, -0.05) is 43.7 Å². The van der Waals surface area contributed by atoms with Gasteiger partial charge in [-0.3, -0.25) is 10.1 Å². The fraction of sp³-hybridized carbons (Fsp3) is 0.211. The molecule has 0 saturated carbocycles. The molecule has 0 saturated heterocycles. The van der Waals surface area contributed by atoms with Crippen LogP contribution in [0, 0.1) is 28.4 Å². The first kappa shape index (κ1) is 19.3. The Labute approximate surface area is 152 Å². The van der Waals surface area contributed by atoms with Gasteiger partial charge in [0, 0.05) is 11.6 Å². The van der Waals surface area contributed by atoms with Gasteiger partial charge in [0.25, 0.3) is 5.69 Å². The van der Waals surface area contributed by atoms with Gasteiger partial charge >= 0.3 is 0 Å². The maximum atomic E-state index is 12.6. The van der Waals surface area contributed by atoms with Crippen LogP contribution in [-0.4, -0.2) is 13.3 Å². The molecule has 2 aromatic carbocycles. The molecular weight excluding hydrogens is 352 g/mol. The van der Waals surface area contributed by atoms with E-state index in [4.69, 9.17) is 0 Å². The van der Waals surface area contributed by atoms with Gasteiger partial charge < -0.3 is 0 Å². The van der Waals surface area contributed by atoms with E-state index < -0.39 is 19.7 Å². The second-order valence-electron chi connectivity index (χ2n) is 6.17. The monoisotopic (exact) mass is 370 g/mol. The molecule has 2 aromatic rings. The molecule has 26 heavy (non-hydrogen) atoms. The molecule has 0 unspecified atom stereocenters. The van der Waals surface area contributed by atoms with Gasteiger partial charge in [-0.2, -0.15) is 5.26 Å². The van der Waals surface area contributed by atoms with Crippen molar-refractivity contribution >= 4 is 21.6 Å². The van der Waals surface area contributed by atoms with Crippen molar-refractivity contribution in [3.05, 3.63) is 74.2 Å². The molecule has 0 aliphatic rings. The van der Waals surface area contributed by atoms with Crippen molar-refractivity contribution in [1.29, 1.82) is 5.26 Å². The predicted octanol–water partition coefficient (Wildman–Crippen LogP) is 4.37. The van der Waals surface area contributed by atoms with Crippen LogP contribution in [0.15, 0.2) is 52.3 Å². The third kappa shape index (κ3) is 3.98. The molecule has 0 aromatic heterocycles. The molecule has 0 fully saturated rings. The fourth-order valence-electron chi connectivity index (χ4n) is 2.46. The molecule has 0 aliphatic heterocycles. The number of rotatable bonds is 5. The van der Waals surface area contributed by atoms with Crippen molar-refractivity contribution in [3.63, 3.8) is 0 Å². The van der Waals surface area contributed by atoms with Gasteiger partial charge in [0.1, 0.15) is 11.0 Å². The summed E-state index contributed by atoms with van der Waals surface area (Å²) in [4.78, 5) is 10.3. The second kappa shape index (κ2) is 7.50. The average molecular weight is 370 g/mol. The maximum absolute atomic E-state index is 12.6. The number of nitro benzene ring substituents is 1. The van der Waals surface area contributed by atoms with Crippen LogP contribution in [0.2, 0.25) is 0 Å². The van der Waals surface area contributed by atoms with Crippen molar-refractivity contribution < 1.29 is 13.3 Å². The highest BCUT2D eigenvalue weighted by Gasteiger charge is 2.22. The summed E-state index contributed by atoms with van der Waals surface area (Å²) in [5.74, 6) is -0.0554. The zero-order valence-electron chi connectivity index (χ0n) is 14.6. The van der Waals surface area contributed by atoms with E-state index in [9.17, 15) is 23.8 Å². The number of aryl methyl sites for hydroxylation is 1. The standard InChI is InChI=1S/C19H18N2O4S/c1-13(2)18-9-6-15(11-19(18)21(22)23)10-17(12-20)26(24,25)16-7-4-14(3)5-8-16/h4-11,13H,1-3H3/b17-10+. The van der Waals surface area contributed by atoms with Crippen LogP contribution in [0.5, 0.6) is 0 Å². The molecule has 0 radical (unpaired) electrons. The molecule has 0 heterocycles. The van der Waals surface area contributed by atoms with Crippen LogP contribution >= 0.6 is 0 Å². The Balaban J connectivity index is 2.56. The zero-order chi connectivity index (χ0) is 19.5. The number of benzene rings is 2. The highest BCUT2D eigenvalue weighted by Crippen LogP contribution is 2.29. The predicted molar refractivity (Wildman–Crippen MR) is 99.1 cm³/mol. The summed E-state index contributed by atoms with van der Waals surface area (Å²) in [6.07, 6.45) is 1.16. The smallest absolute Gasteiger partial charge is 0.258 e. The van der Waals surface area contributed by atoms with Crippen LogP contribution < -0.4 is 0 Å². The quantitative estimate of drug-likeness (QED) is 0.442. The van der Waals surface area contributed by atoms with E-state index in [1.807, 2.05) is 20.8 Å². The summed E-state index contributed by atoms with van der Waals surface area (Å²) >= 11 is 0. The Morgan fingerprint density at radius 1 is 1.19 bits per heavy atom. The van der Waals surface area contributed by atoms with Gasteiger partial charge in [0.15, 0.2) is 0 Å². The minimum absolute atomic E-state index is 0.00389. The molecule has 0 aliphatic carbocycles. The first-order chi connectivity index (χ1) is 12.2. The van der Waals surface area contributed by atoms with E-state index in [1.165, 1.54) is 18.2 Å². The van der Waals surface area contributed by atoms with Crippen molar-refractivity contribution in [3.8, 4) is 6.07 Å². The third-order valence-electron chi connectivity index (χ3n) is 3.90. The van der Waals surface area contributed by atoms with Crippen LogP contribution in [0.25, 0.3) is 6.08 Å². The molecule has 0 amide bonds. The molecule has 0 N–H and O–H groups in total. The van der Waals surface area contributed by atoms with Crippen molar-refractivity contribution in [2.45, 2.75) is 31.6 Å². The molecule has 6 nitrogen and oxygen atoms in total. The Morgan fingerprint density at radius 3 is 2.31 bits per heavy atom. The second-order valence-corrected chi connectivity index (χ2v) is 8.09. The summed E-state index contributed by atoms with van der Waals surface area (Å²) in [7, 11) is -4.00. The lowest BCUT2D eigenvalue weighted by Crippen LogP contribution is -2.04. The van der Waals surface area contributed by atoms with Gasteiger partial charge in [-0.25, -0.2) is 8.42 Å². The third-order valence-corrected chi connectivity index (χ3v) is 5.58. The number of nitrogens with zero attached hydrogens (tertiary/aromatic N) is 2. The number of allylic oxidation sites excluding steroid dienone is 1. The topological polar surface area (TPSA) is 101 Å². The number of nitro groups is 1. The van der Waals surface area contributed by atoms with Crippen molar-refractivity contribution in [1.82, 2.24) is 0 Å². The fourth-order valence-corrected chi connectivity index (χ4v) is 3.62. The maximum Gasteiger partial charge on any atom is 0.273 e. The van der Waals surface area contributed by atoms with E-state index in [-0.39, 0.29) is 22.1 Å². The minimum atomic E-state index is -4.00. The first-order valence-corrected chi connectivity index (χ1v) is 9.37. The molecular formula is C19H18N2O4S. The molecule has 0 spiro atoms. The highest BCUT2D eigenvalue weighted by molar-refractivity contribution is 7.95. The lowest BCUT2D eigenvalue weighted by Gasteiger charge is -2.08.